The number of benzene rings is 1. The third-order valence-electron chi connectivity index (χ3n) is 1.21. The zero-order valence-electron chi connectivity index (χ0n) is 5.66. The summed E-state index contributed by atoms with van der Waals surface area (Å²) in [5.74, 6) is 0. The maximum absolute atomic E-state index is 10.3. The van der Waals surface area contributed by atoms with E-state index in [0.29, 0.717) is 9.92 Å². The molecule has 0 fully saturated rings. The largest absolute Gasteiger partial charge is 0.270 e. The van der Waals surface area contributed by atoms with Crippen LogP contribution in [0.1, 0.15) is 0 Å². The van der Waals surface area contributed by atoms with Crippen molar-refractivity contribution < 1.29 is 4.92 Å². The molecule has 0 amide bonds. The van der Waals surface area contributed by atoms with Crippen molar-refractivity contribution in [3.8, 4) is 0 Å². The van der Waals surface area contributed by atoms with Gasteiger partial charge in [0.15, 0.2) is 0 Å². The van der Waals surface area contributed by atoms with E-state index in [4.69, 9.17) is 22.3 Å². The predicted molar refractivity (Wildman–Crippen MR) is 49.8 cm³/mol. The van der Waals surface area contributed by atoms with Crippen LogP contribution in [0.25, 0.3) is 0 Å². The third-order valence-corrected chi connectivity index (χ3v) is 2.65. The molecule has 0 heterocycles. The van der Waals surface area contributed by atoms with E-state index in [0.717, 1.165) is 11.0 Å². The lowest BCUT2D eigenvalue weighted by Crippen LogP contribution is -1.87. The van der Waals surface area contributed by atoms with Gasteiger partial charge in [-0.05, 0) is 27.7 Å². The van der Waals surface area contributed by atoms with E-state index in [1.165, 1.54) is 18.2 Å². The Kier molecular flexibility index (Phi) is 3.20. The van der Waals surface area contributed by atoms with Crippen molar-refractivity contribution in [2.24, 2.45) is 0 Å². The van der Waals surface area contributed by atoms with Gasteiger partial charge in [-0.1, -0.05) is 11.6 Å². The Hall–Kier alpha value is -0.450. The minimum absolute atomic E-state index is 0.0115. The highest BCUT2D eigenvalue weighted by Crippen LogP contribution is 2.32. The number of halogens is 2. The number of nitro groups is 1. The van der Waals surface area contributed by atoms with E-state index in [1.807, 2.05) is 0 Å². The van der Waals surface area contributed by atoms with Gasteiger partial charge in [-0.25, -0.2) is 0 Å². The molecule has 0 saturated heterocycles. The SMILES string of the molecule is O=[N+]([O-])c1ccc(Cl)c(SCl)c1. The van der Waals surface area contributed by atoms with Gasteiger partial charge in [0.1, 0.15) is 0 Å². The van der Waals surface area contributed by atoms with Gasteiger partial charge < -0.3 is 0 Å². The van der Waals surface area contributed by atoms with Gasteiger partial charge in [-0.3, -0.25) is 10.1 Å². The van der Waals surface area contributed by atoms with Crippen LogP contribution >= 0.6 is 33.3 Å². The van der Waals surface area contributed by atoms with E-state index < -0.39 is 4.92 Å². The van der Waals surface area contributed by atoms with Crippen LogP contribution in [0.5, 0.6) is 0 Å². The van der Waals surface area contributed by atoms with Gasteiger partial charge in [-0.2, -0.15) is 0 Å². The minimum Gasteiger partial charge on any atom is -0.258 e. The van der Waals surface area contributed by atoms with Crippen LogP contribution in [-0.2, 0) is 0 Å². The highest BCUT2D eigenvalue weighted by Gasteiger charge is 2.08. The molecule has 0 atom stereocenters. The van der Waals surface area contributed by atoms with Crippen LogP contribution < -0.4 is 0 Å². The number of nitrogens with zero attached hydrogens (tertiary/aromatic N) is 1. The van der Waals surface area contributed by atoms with Gasteiger partial charge in [0, 0.05) is 17.0 Å². The molecule has 0 aromatic heterocycles. The Morgan fingerprint density at radius 1 is 1.50 bits per heavy atom. The molecule has 6 heteroatoms. The average Bonchev–Trinajstić information content (AvgIpc) is 2.05. The molecule has 1 aromatic carbocycles. The second-order valence-electron chi connectivity index (χ2n) is 1.95. The van der Waals surface area contributed by atoms with Crippen LogP contribution in [0.2, 0.25) is 5.02 Å². The first-order valence-electron chi connectivity index (χ1n) is 2.87. The summed E-state index contributed by atoms with van der Waals surface area (Å²) in [5, 5.41) is 10.7. The maximum atomic E-state index is 10.3. The first-order valence-corrected chi connectivity index (χ1v) is 4.89. The predicted octanol–water partition coefficient (Wildman–Crippen LogP) is 3.49. The zero-order valence-corrected chi connectivity index (χ0v) is 7.99. The third kappa shape index (κ3) is 2.03. The lowest BCUT2D eigenvalue weighted by atomic mass is 10.3. The van der Waals surface area contributed by atoms with E-state index in [1.54, 1.807) is 0 Å². The molecule has 12 heavy (non-hydrogen) atoms. The number of hydrogen-bond donors (Lipinski definition) is 0. The Bertz CT molecular complexity index is 318. The van der Waals surface area contributed by atoms with Crippen LogP contribution in [0.15, 0.2) is 23.1 Å². The molecule has 0 aliphatic rings. The summed E-state index contributed by atoms with van der Waals surface area (Å²) < 4.78 is 0. The summed E-state index contributed by atoms with van der Waals surface area (Å²) in [6, 6.07) is 4.11. The summed E-state index contributed by atoms with van der Waals surface area (Å²) in [7, 11) is 6.28. The first-order chi connectivity index (χ1) is 5.65. The van der Waals surface area contributed by atoms with Crippen molar-refractivity contribution in [2.75, 3.05) is 0 Å². The highest BCUT2D eigenvalue weighted by molar-refractivity contribution is 8.21. The number of non-ortho nitro benzene ring substituents is 1. The van der Waals surface area contributed by atoms with E-state index >= 15 is 0 Å². The molecule has 0 aliphatic heterocycles. The monoisotopic (exact) mass is 223 g/mol. The molecule has 0 bridgehead atoms. The minimum atomic E-state index is -0.493. The Labute approximate surface area is 82.3 Å². The van der Waals surface area contributed by atoms with Crippen molar-refractivity contribution in [3.05, 3.63) is 33.3 Å². The molecule has 0 spiro atoms. The molecule has 0 unspecified atom stereocenters. The zero-order chi connectivity index (χ0) is 9.14. The standard InChI is InChI=1S/C6H3Cl2NO2S/c7-5-2-1-4(9(10)11)3-6(5)12-8/h1-3H. The van der Waals surface area contributed by atoms with Crippen molar-refractivity contribution >= 4 is 38.9 Å². The molecule has 1 rings (SSSR count). The normalized spacial score (nSPS) is 9.83. The van der Waals surface area contributed by atoms with Crippen LogP contribution in [0, 0.1) is 10.1 Å². The van der Waals surface area contributed by atoms with Gasteiger partial charge in [0.05, 0.1) is 9.95 Å². The van der Waals surface area contributed by atoms with Crippen LogP contribution in [-0.4, -0.2) is 4.92 Å². The molecular formula is C6H3Cl2NO2S. The summed E-state index contributed by atoms with van der Waals surface area (Å²) in [4.78, 5) is 10.3. The van der Waals surface area contributed by atoms with Crippen molar-refractivity contribution in [1.29, 1.82) is 0 Å². The maximum Gasteiger partial charge on any atom is 0.270 e. The average molecular weight is 224 g/mol. The Balaban J connectivity index is 3.13. The van der Waals surface area contributed by atoms with Crippen LogP contribution in [0.4, 0.5) is 5.69 Å². The van der Waals surface area contributed by atoms with Gasteiger partial charge >= 0.3 is 0 Å². The molecule has 0 N–H and O–H groups in total. The molecular weight excluding hydrogens is 221 g/mol. The van der Waals surface area contributed by atoms with Crippen LogP contribution in [0.3, 0.4) is 0 Å². The Morgan fingerprint density at radius 3 is 2.67 bits per heavy atom. The fraction of sp³-hybridized carbons (Fsp3) is 0. The summed E-state index contributed by atoms with van der Waals surface area (Å²) in [6.45, 7) is 0. The summed E-state index contributed by atoms with van der Waals surface area (Å²) in [6.07, 6.45) is 0. The Morgan fingerprint density at radius 2 is 2.17 bits per heavy atom. The number of hydrogen-bond acceptors (Lipinski definition) is 3. The van der Waals surface area contributed by atoms with Crippen molar-refractivity contribution in [3.63, 3.8) is 0 Å². The lowest BCUT2D eigenvalue weighted by molar-refractivity contribution is -0.385. The van der Waals surface area contributed by atoms with E-state index in [2.05, 4.69) is 0 Å². The van der Waals surface area contributed by atoms with E-state index in [-0.39, 0.29) is 5.69 Å². The fourth-order valence-electron chi connectivity index (χ4n) is 0.665. The van der Waals surface area contributed by atoms with Gasteiger partial charge in [0.2, 0.25) is 0 Å². The molecule has 3 nitrogen and oxygen atoms in total. The molecule has 0 aliphatic carbocycles. The second kappa shape index (κ2) is 3.98. The highest BCUT2D eigenvalue weighted by atomic mass is 35.7. The van der Waals surface area contributed by atoms with Crippen molar-refractivity contribution in [2.45, 2.75) is 4.90 Å². The smallest absolute Gasteiger partial charge is 0.258 e. The van der Waals surface area contributed by atoms with Crippen molar-refractivity contribution in [1.82, 2.24) is 0 Å². The summed E-state index contributed by atoms with van der Waals surface area (Å²) >= 11 is 5.67. The quantitative estimate of drug-likeness (QED) is 0.570. The van der Waals surface area contributed by atoms with E-state index in [9.17, 15) is 10.1 Å². The fourth-order valence-corrected chi connectivity index (χ4v) is 1.71. The molecule has 0 saturated carbocycles. The molecule has 0 radical (unpaired) electrons. The molecule has 1 aromatic rings. The first kappa shape index (κ1) is 9.64. The van der Waals surface area contributed by atoms with Gasteiger partial charge in [0.25, 0.3) is 5.69 Å². The topological polar surface area (TPSA) is 43.1 Å². The second-order valence-corrected chi connectivity index (χ2v) is 3.41. The number of rotatable bonds is 2. The summed E-state index contributed by atoms with van der Waals surface area (Å²) in [5.41, 5.74) is -0.0115. The van der Waals surface area contributed by atoms with Gasteiger partial charge in [-0.15, -0.1) is 0 Å². The lowest BCUT2D eigenvalue weighted by Gasteiger charge is -1.96. The molecule has 64 valence electrons. The number of nitro benzene ring substituents is 1.